The van der Waals surface area contributed by atoms with Crippen LogP contribution in [0.3, 0.4) is 0 Å². The van der Waals surface area contributed by atoms with Crippen molar-refractivity contribution in [3.8, 4) is 0 Å². The van der Waals surface area contributed by atoms with Gasteiger partial charge in [0.2, 0.25) is 5.91 Å². The van der Waals surface area contributed by atoms with Crippen LogP contribution in [0.5, 0.6) is 0 Å². The first-order chi connectivity index (χ1) is 14.1. The van der Waals surface area contributed by atoms with E-state index >= 15 is 0 Å². The highest BCUT2D eigenvalue weighted by molar-refractivity contribution is 7.09. The standard InChI is InChI=1S/C21H29N3O5S/c1-4-8-23-19(28)18-15(24(20(23)29)13-14-6-5-10-30-14)7-9-22(18)16(25)11-21(2,3)12-17(26)27/h5-6,10,15,18H,4,7-9,11-13H2,1-3H3,(H,26,27). The van der Waals surface area contributed by atoms with Gasteiger partial charge < -0.3 is 14.9 Å². The van der Waals surface area contributed by atoms with Crippen LogP contribution in [0.1, 0.15) is 51.3 Å². The van der Waals surface area contributed by atoms with Gasteiger partial charge in [0.1, 0.15) is 6.04 Å². The number of nitrogens with zero attached hydrogens (tertiary/aromatic N) is 3. The molecule has 2 aliphatic heterocycles. The molecule has 0 spiro atoms. The molecule has 30 heavy (non-hydrogen) atoms. The highest BCUT2D eigenvalue weighted by atomic mass is 32.1. The van der Waals surface area contributed by atoms with E-state index in [4.69, 9.17) is 5.11 Å². The number of imide groups is 1. The Bertz CT molecular complexity index is 823. The zero-order valence-electron chi connectivity index (χ0n) is 17.7. The third-order valence-corrected chi connectivity index (χ3v) is 6.56. The van der Waals surface area contributed by atoms with Crippen molar-refractivity contribution in [3.05, 3.63) is 22.4 Å². The molecule has 9 heteroatoms. The van der Waals surface area contributed by atoms with Crippen LogP contribution in [-0.2, 0) is 20.9 Å². The molecule has 1 N–H and O–H groups in total. The van der Waals surface area contributed by atoms with Crippen molar-refractivity contribution in [1.29, 1.82) is 0 Å². The molecule has 0 aliphatic carbocycles. The van der Waals surface area contributed by atoms with Crippen molar-refractivity contribution >= 4 is 35.2 Å². The number of thiophene rings is 1. The number of carboxylic acid groups (broad SMARTS) is 1. The van der Waals surface area contributed by atoms with E-state index in [0.29, 0.717) is 32.5 Å². The molecule has 4 amide bonds. The summed E-state index contributed by atoms with van der Waals surface area (Å²) in [7, 11) is 0. The number of hydrogen-bond acceptors (Lipinski definition) is 5. The van der Waals surface area contributed by atoms with Crippen molar-refractivity contribution in [2.75, 3.05) is 13.1 Å². The molecule has 0 bridgehead atoms. The SMILES string of the molecule is CCCN1C(=O)C2C(CCN2C(=O)CC(C)(C)CC(=O)O)N(Cc2cccs2)C1=O. The Morgan fingerprint density at radius 1 is 1.27 bits per heavy atom. The van der Waals surface area contributed by atoms with E-state index in [1.807, 2.05) is 24.4 Å². The molecule has 2 aliphatic rings. The van der Waals surface area contributed by atoms with Crippen LogP contribution >= 0.6 is 11.3 Å². The summed E-state index contributed by atoms with van der Waals surface area (Å²) in [4.78, 5) is 56.1. The molecule has 8 nitrogen and oxygen atoms in total. The fourth-order valence-corrected chi connectivity index (χ4v) is 5.10. The number of aliphatic carboxylic acids is 1. The Balaban J connectivity index is 1.84. The Kier molecular flexibility index (Phi) is 6.50. The van der Waals surface area contributed by atoms with Gasteiger partial charge in [0.05, 0.1) is 19.0 Å². The summed E-state index contributed by atoms with van der Waals surface area (Å²) >= 11 is 1.56. The number of rotatable bonds is 8. The first-order valence-electron chi connectivity index (χ1n) is 10.3. The quantitative estimate of drug-likeness (QED) is 0.677. The van der Waals surface area contributed by atoms with Gasteiger partial charge in [-0.2, -0.15) is 0 Å². The van der Waals surface area contributed by atoms with E-state index in [2.05, 4.69) is 0 Å². The molecule has 3 rings (SSSR count). The number of carbonyl (C=O) groups excluding carboxylic acids is 3. The smallest absolute Gasteiger partial charge is 0.327 e. The normalized spacial score (nSPS) is 21.9. The monoisotopic (exact) mass is 435 g/mol. The van der Waals surface area contributed by atoms with Gasteiger partial charge in [0, 0.05) is 24.4 Å². The van der Waals surface area contributed by atoms with E-state index in [9.17, 15) is 19.2 Å². The van der Waals surface area contributed by atoms with Crippen LogP contribution in [0.2, 0.25) is 0 Å². The first kappa shape index (κ1) is 22.3. The second-order valence-corrected chi connectivity index (χ2v) is 9.81. The lowest BCUT2D eigenvalue weighted by atomic mass is 9.85. The summed E-state index contributed by atoms with van der Waals surface area (Å²) in [5.74, 6) is -1.51. The molecule has 0 aromatic carbocycles. The number of amides is 4. The maximum Gasteiger partial charge on any atom is 0.327 e. The van der Waals surface area contributed by atoms with Gasteiger partial charge in [-0.3, -0.25) is 19.3 Å². The lowest BCUT2D eigenvalue weighted by Gasteiger charge is -2.43. The highest BCUT2D eigenvalue weighted by Gasteiger charge is 2.53. The van der Waals surface area contributed by atoms with Crippen molar-refractivity contribution in [2.24, 2.45) is 5.41 Å². The van der Waals surface area contributed by atoms with Crippen molar-refractivity contribution < 1.29 is 24.3 Å². The number of likely N-dealkylation sites (tertiary alicyclic amines) is 1. The van der Waals surface area contributed by atoms with Crippen LogP contribution in [-0.4, -0.2) is 68.8 Å². The summed E-state index contributed by atoms with van der Waals surface area (Å²) < 4.78 is 0. The largest absolute Gasteiger partial charge is 0.481 e. The Labute approximate surface area is 180 Å². The predicted octanol–water partition coefficient (Wildman–Crippen LogP) is 2.78. The van der Waals surface area contributed by atoms with E-state index < -0.39 is 17.4 Å². The molecule has 2 saturated heterocycles. The second-order valence-electron chi connectivity index (χ2n) is 8.78. The predicted molar refractivity (Wildman–Crippen MR) is 112 cm³/mol. The second kappa shape index (κ2) is 8.75. The minimum Gasteiger partial charge on any atom is -0.481 e. The molecule has 0 radical (unpaired) electrons. The third-order valence-electron chi connectivity index (χ3n) is 5.70. The molecule has 3 heterocycles. The fourth-order valence-electron chi connectivity index (χ4n) is 4.40. The maximum atomic E-state index is 13.2. The third kappa shape index (κ3) is 4.50. The summed E-state index contributed by atoms with van der Waals surface area (Å²) in [5.41, 5.74) is -0.714. The molecule has 164 valence electrons. The topological polar surface area (TPSA) is 98.2 Å². The molecule has 2 unspecified atom stereocenters. The number of carboxylic acids is 1. The van der Waals surface area contributed by atoms with Gasteiger partial charge in [-0.15, -0.1) is 11.3 Å². The van der Waals surface area contributed by atoms with Crippen LogP contribution in [0.15, 0.2) is 17.5 Å². The molecule has 2 fully saturated rings. The number of carbonyl (C=O) groups is 4. The Morgan fingerprint density at radius 2 is 2.00 bits per heavy atom. The van der Waals surface area contributed by atoms with Crippen LogP contribution < -0.4 is 0 Å². The van der Waals surface area contributed by atoms with Crippen molar-refractivity contribution in [3.63, 3.8) is 0 Å². The summed E-state index contributed by atoms with van der Waals surface area (Å²) in [6, 6.07) is 2.53. The number of urea groups is 1. The first-order valence-corrected chi connectivity index (χ1v) is 11.2. The average Bonchev–Trinajstić information content (AvgIpc) is 3.30. The number of fused-ring (bicyclic) bond motifs is 1. The van der Waals surface area contributed by atoms with Crippen molar-refractivity contribution in [1.82, 2.24) is 14.7 Å². The minimum atomic E-state index is -0.956. The van der Waals surface area contributed by atoms with Crippen molar-refractivity contribution in [2.45, 2.75) is 65.1 Å². The maximum absolute atomic E-state index is 13.2. The molecule has 1 aromatic rings. The van der Waals surface area contributed by atoms with Crippen LogP contribution in [0.25, 0.3) is 0 Å². The Hall–Kier alpha value is -2.42. The zero-order chi connectivity index (χ0) is 22.1. The highest BCUT2D eigenvalue weighted by Crippen LogP contribution is 2.34. The van der Waals surface area contributed by atoms with E-state index in [1.54, 1.807) is 35.0 Å². The molecular formula is C21H29N3O5S. The lowest BCUT2D eigenvalue weighted by Crippen LogP contribution is -2.65. The van der Waals surface area contributed by atoms with E-state index in [0.717, 1.165) is 4.88 Å². The number of hydrogen-bond donors (Lipinski definition) is 1. The minimum absolute atomic E-state index is 0.0441. The van der Waals surface area contributed by atoms with E-state index in [-0.39, 0.29) is 36.7 Å². The molecule has 2 atom stereocenters. The molecule has 1 aromatic heterocycles. The Morgan fingerprint density at radius 3 is 2.60 bits per heavy atom. The van der Waals surface area contributed by atoms with Gasteiger partial charge in [-0.1, -0.05) is 26.8 Å². The van der Waals surface area contributed by atoms with E-state index in [1.165, 1.54) is 4.90 Å². The fraction of sp³-hybridized carbons (Fsp3) is 0.619. The molecular weight excluding hydrogens is 406 g/mol. The summed E-state index contributed by atoms with van der Waals surface area (Å²) in [5, 5.41) is 11.1. The van der Waals surface area contributed by atoms with Gasteiger partial charge in [-0.05, 0) is 29.7 Å². The zero-order valence-corrected chi connectivity index (χ0v) is 18.5. The average molecular weight is 436 g/mol. The summed E-state index contributed by atoms with van der Waals surface area (Å²) in [6.45, 7) is 6.50. The van der Waals surface area contributed by atoms with Crippen LogP contribution in [0.4, 0.5) is 4.79 Å². The van der Waals surface area contributed by atoms with Crippen LogP contribution in [0, 0.1) is 5.41 Å². The van der Waals surface area contributed by atoms with Gasteiger partial charge in [0.15, 0.2) is 0 Å². The molecule has 0 saturated carbocycles. The van der Waals surface area contributed by atoms with Gasteiger partial charge in [0.25, 0.3) is 5.91 Å². The summed E-state index contributed by atoms with van der Waals surface area (Å²) in [6.07, 6.45) is 1.10. The van der Waals surface area contributed by atoms with Gasteiger partial charge >= 0.3 is 12.0 Å². The van der Waals surface area contributed by atoms with Gasteiger partial charge in [-0.25, -0.2) is 4.79 Å². The lowest BCUT2D eigenvalue weighted by molar-refractivity contribution is -0.148.